The lowest BCUT2D eigenvalue weighted by atomic mass is 9.72. The molecule has 4 heteroatoms. The summed E-state index contributed by atoms with van der Waals surface area (Å²) in [4.78, 5) is 23.9. The van der Waals surface area contributed by atoms with Gasteiger partial charge in [-0.15, -0.1) is 0 Å². The molecule has 34 heavy (non-hydrogen) atoms. The third-order valence-corrected chi connectivity index (χ3v) is 6.26. The van der Waals surface area contributed by atoms with Gasteiger partial charge < -0.3 is 9.15 Å². The van der Waals surface area contributed by atoms with E-state index in [-0.39, 0.29) is 5.41 Å². The summed E-state index contributed by atoms with van der Waals surface area (Å²) in [7, 11) is 0. The maximum Gasteiger partial charge on any atom is 0.336 e. The van der Waals surface area contributed by atoms with Crippen molar-refractivity contribution in [2.24, 2.45) is 5.41 Å². The Morgan fingerprint density at radius 2 is 1.85 bits per heavy atom. The van der Waals surface area contributed by atoms with E-state index in [0.29, 0.717) is 11.3 Å². The SMILES string of the molecule is CC1=C(/C=C/C(C)=C/C=C/C(C)=C/C(=O)Oc2ccc3c(C)cc(=O)oc3c2)C(C)(C)CCC1. The zero-order valence-corrected chi connectivity index (χ0v) is 21.0. The molecule has 2 aromatic rings. The second-order valence-electron chi connectivity index (χ2n) is 9.75. The van der Waals surface area contributed by atoms with Gasteiger partial charge in [-0.3, -0.25) is 0 Å². The highest BCUT2D eigenvalue weighted by Crippen LogP contribution is 2.40. The number of carbonyl (C=O) groups is 1. The smallest absolute Gasteiger partial charge is 0.336 e. The summed E-state index contributed by atoms with van der Waals surface area (Å²) < 4.78 is 10.6. The quantitative estimate of drug-likeness (QED) is 0.147. The molecule has 0 saturated heterocycles. The molecule has 0 N–H and O–H groups in total. The Morgan fingerprint density at radius 3 is 2.59 bits per heavy atom. The van der Waals surface area contributed by atoms with Crippen LogP contribution in [0.3, 0.4) is 0 Å². The zero-order valence-electron chi connectivity index (χ0n) is 21.0. The van der Waals surface area contributed by atoms with Crippen molar-refractivity contribution in [2.75, 3.05) is 0 Å². The van der Waals surface area contributed by atoms with Gasteiger partial charge in [0.15, 0.2) is 0 Å². The Labute approximate surface area is 202 Å². The topological polar surface area (TPSA) is 56.5 Å². The number of ether oxygens (including phenoxy) is 1. The van der Waals surface area contributed by atoms with Crippen molar-refractivity contribution in [3.05, 3.63) is 99.0 Å². The van der Waals surface area contributed by atoms with Crippen molar-refractivity contribution in [2.45, 2.75) is 60.8 Å². The highest BCUT2D eigenvalue weighted by Gasteiger charge is 2.26. The predicted molar refractivity (Wildman–Crippen MR) is 139 cm³/mol. The Balaban J connectivity index is 1.63. The number of benzene rings is 1. The molecule has 0 amide bonds. The molecule has 0 saturated carbocycles. The van der Waals surface area contributed by atoms with E-state index in [1.54, 1.807) is 18.2 Å². The van der Waals surface area contributed by atoms with Gasteiger partial charge in [0, 0.05) is 23.6 Å². The van der Waals surface area contributed by atoms with E-state index in [1.807, 2.05) is 32.1 Å². The van der Waals surface area contributed by atoms with Crippen LogP contribution >= 0.6 is 0 Å². The lowest BCUT2D eigenvalue weighted by Crippen LogP contribution is -2.19. The van der Waals surface area contributed by atoms with Crippen LogP contribution < -0.4 is 10.4 Å². The van der Waals surface area contributed by atoms with Crippen molar-refractivity contribution >= 4 is 16.9 Å². The summed E-state index contributed by atoms with van der Waals surface area (Å²) in [5.41, 5.74) is 5.85. The molecule has 0 atom stereocenters. The Morgan fingerprint density at radius 1 is 1.09 bits per heavy atom. The van der Waals surface area contributed by atoms with Crippen LogP contribution in [-0.2, 0) is 4.79 Å². The van der Waals surface area contributed by atoms with Gasteiger partial charge >= 0.3 is 11.6 Å². The molecule has 0 radical (unpaired) electrons. The van der Waals surface area contributed by atoms with E-state index < -0.39 is 11.6 Å². The van der Waals surface area contributed by atoms with Gasteiger partial charge in [-0.05, 0) is 81.2 Å². The minimum absolute atomic E-state index is 0.226. The van der Waals surface area contributed by atoms with Crippen LogP contribution in [0.1, 0.15) is 59.4 Å². The van der Waals surface area contributed by atoms with Crippen molar-refractivity contribution in [1.29, 1.82) is 0 Å². The third kappa shape index (κ3) is 6.57. The number of hydrogen-bond acceptors (Lipinski definition) is 4. The molecular formula is C30H34O4. The number of hydrogen-bond donors (Lipinski definition) is 0. The highest BCUT2D eigenvalue weighted by atomic mass is 16.5. The van der Waals surface area contributed by atoms with Gasteiger partial charge in [-0.25, -0.2) is 9.59 Å². The fourth-order valence-electron chi connectivity index (χ4n) is 4.38. The molecule has 3 rings (SSSR count). The summed E-state index contributed by atoms with van der Waals surface area (Å²) >= 11 is 0. The summed E-state index contributed by atoms with van der Waals surface area (Å²) in [5.74, 6) is -0.158. The van der Waals surface area contributed by atoms with Gasteiger partial charge in [0.2, 0.25) is 0 Å². The number of allylic oxidation sites excluding steroid dienone is 9. The summed E-state index contributed by atoms with van der Waals surface area (Å²) in [6, 6.07) is 6.46. The molecule has 178 valence electrons. The first kappa shape index (κ1) is 25.2. The predicted octanol–water partition coefficient (Wildman–Crippen LogP) is 7.54. The Kier molecular flexibility index (Phi) is 7.93. The van der Waals surface area contributed by atoms with Gasteiger partial charge in [0.1, 0.15) is 11.3 Å². The maximum absolute atomic E-state index is 12.3. The highest BCUT2D eigenvalue weighted by molar-refractivity contribution is 5.87. The third-order valence-electron chi connectivity index (χ3n) is 6.26. The lowest BCUT2D eigenvalue weighted by molar-refractivity contribution is -0.129. The van der Waals surface area contributed by atoms with E-state index in [0.717, 1.165) is 22.1 Å². The molecule has 0 aliphatic heterocycles. The average Bonchev–Trinajstić information content (AvgIpc) is 2.72. The van der Waals surface area contributed by atoms with Crippen LogP contribution in [0.4, 0.5) is 0 Å². The van der Waals surface area contributed by atoms with E-state index in [9.17, 15) is 9.59 Å². The second-order valence-corrected chi connectivity index (χ2v) is 9.75. The monoisotopic (exact) mass is 458 g/mol. The molecule has 1 aliphatic carbocycles. The van der Waals surface area contributed by atoms with Crippen molar-refractivity contribution in [1.82, 2.24) is 0 Å². The minimum Gasteiger partial charge on any atom is -0.423 e. The summed E-state index contributed by atoms with van der Waals surface area (Å²) in [5, 5.41) is 0.809. The molecule has 0 spiro atoms. The molecule has 1 aromatic carbocycles. The van der Waals surface area contributed by atoms with Crippen LogP contribution in [0.15, 0.2) is 92.2 Å². The standard InChI is InChI=1S/C30H34O4/c1-20(12-15-26-22(3)11-8-16-30(26,5)6)9-7-10-21(2)17-28(31)33-24-13-14-25-23(4)18-29(32)34-27(25)19-24/h7,9-10,12-15,17-19H,8,11,16H2,1-6H3/b10-7+,15-12+,20-9+,21-17+. The number of rotatable bonds is 6. The maximum atomic E-state index is 12.3. The molecule has 0 fully saturated rings. The van der Waals surface area contributed by atoms with E-state index >= 15 is 0 Å². The molecule has 1 heterocycles. The van der Waals surface area contributed by atoms with Crippen LogP contribution in [0, 0.1) is 12.3 Å². The number of aryl methyl sites for hydroxylation is 1. The fourth-order valence-corrected chi connectivity index (χ4v) is 4.38. The van der Waals surface area contributed by atoms with E-state index in [2.05, 4.69) is 39.8 Å². The number of esters is 1. The van der Waals surface area contributed by atoms with Crippen LogP contribution in [0.25, 0.3) is 11.0 Å². The molecule has 0 unspecified atom stereocenters. The Hall–Kier alpha value is -3.40. The van der Waals surface area contributed by atoms with Gasteiger partial charge in [-0.2, -0.15) is 0 Å². The van der Waals surface area contributed by atoms with Crippen molar-refractivity contribution < 1.29 is 13.9 Å². The van der Waals surface area contributed by atoms with E-state index in [4.69, 9.17) is 9.15 Å². The van der Waals surface area contributed by atoms with E-state index in [1.165, 1.54) is 42.6 Å². The molecule has 1 aliphatic rings. The Bertz CT molecular complexity index is 1290. The molecular weight excluding hydrogens is 424 g/mol. The number of carbonyl (C=O) groups excluding carboxylic acids is 1. The fraction of sp³-hybridized carbons (Fsp3) is 0.333. The first-order valence-corrected chi connectivity index (χ1v) is 11.7. The first-order chi connectivity index (χ1) is 16.0. The van der Waals surface area contributed by atoms with Crippen molar-refractivity contribution in [3.8, 4) is 5.75 Å². The zero-order chi connectivity index (χ0) is 24.9. The van der Waals surface area contributed by atoms with Crippen LogP contribution in [0.2, 0.25) is 0 Å². The number of fused-ring (bicyclic) bond motifs is 1. The molecule has 1 aromatic heterocycles. The second kappa shape index (κ2) is 10.7. The van der Waals surface area contributed by atoms with Gasteiger partial charge in [0.05, 0.1) is 0 Å². The van der Waals surface area contributed by atoms with Gasteiger partial charge in [-0.1, -0.05) is 55.4 Å². The van der Waals surface area contributed by atoms with Gasteiger partial charge in [0.25, 0.3) is 0 Å². The van der Waals surface area contributed by atoms with Crippen molar-refractivity contribution in [3.63, 3.8) is 0 Å². The summed E-state index contributed by atoms with van der Waals surface area (Å²) in [6.07, 6.45) is 15.3. The minimum atomic E-state index is -0.487. The van der Waals surface area contributed by atoms with Crippen LogP contribution in [0.5, 0.6) is 5.75 Å². The average molecular weight is 459 g/mol. The van der Waals surface area contributed by atoms with Crippen LogP contribution in [-0.4, -0.2) is 5.97 Å². The largest absolute Gasteiger partial charge is 0.423 e. The lowest BCUT2D eigenvalue weighted by Gasteiger charge is -2.32. The first-order valence-electron chi connectivity index (χ1n) is 11.7. The normalized spacial score (nSPS) is 17.2. The molecule has 4 nitrogen and oxygen atoms in total. The summed E-state index contributed by atoms with van der Waals surface area (Å²) in [6.45, 7) is 12.6. The molecule has 0 bridgehead atoms.